The van der Waals surface area contributed by atoms with Crippen LogP contribution in [0.3, 0.4) is 0 Å². The van der Waals surface area contributed by atoms with Crippen LogP contribution in [0.1, 0.15) is 0 Å². The summed E-state index contributed by atoms with van der Waals surface area (Å²) in [5, 5.41) is 4.26. The van der Waals surface area contributed by atoms with Crippen LogP contribution in [0.2, 0.25) is 0 Å². The van der Waals surface area contributed by atoms with Crippen molar-refractivity contribution in [3.8, 4) is 56.4 Å². The molecule has 0 radical (unpaired) electrons. The zero-order valence-electron chi connectivity index (χ0n) is 26.7. The van der Waals surface area contributed by atoms with Crippen molar-refractivity contribution in [1.82, 2.24) is 15.0 Å². The molecule has 0 aliphatic rings. The number of hydrogen-bond acceptors (Lipinski definition) is 5. The number of aromatic nitrogens is 3. The molecular weight excluding hydrogens is 615 g/mol. The fraction of sp³-hybridized carbons (Fsp3) is 0. The highest BCUT2D eigenvalue weighted by Crippen LogP contribution is 2.37. The normalized spacial score (nSPS) is 11.6. The molecule has 5 heteroatoms. The molecule has 0 atom stereocenters. The summed E-state index contributed by atoms with van der Waals surface area (Å²) < 4.78 is 12.5. The van der Waals surface area contributed by atoms with Gasteiger partial charge in [0, 0.05) is 38.2 Å². The maximum Gasteiger partial charge on any atom is 0.164 e. The second kappa shape index (κ2) is 11.4. The number of hydrogen-bond donors (Lipinski definition) is 0. The third kappa shape index (κ3) is 4.83. The minimum Gasteiger partial charge on any atom is -0.456 e. The van der Waals surface area contributed by atoms with E-state index in [0.29, 0.717) is 17.5 Å². The Balaban J connectivity index is 1.06. The van der Waals surface area contributed by atoms with Gasteiger partial charge in [-0.25, -0.2) is 15.0 Å². The summed E-state index contributed by atoms with van der Waals surface area (Å²) in [6.45, 7) is 0. The van der Waals surface area contributed by atoms with Gasteiger partial charge in [0.1, 0.15) is 22.3 Å². The summed E-state index contributed by atoms with van der Waals surface area (Å²) in [6, 6.07) is 55.8. The van der Waals surface area contributed by atoms with Gasteiger partial charge in [-0.05, 0) is 70.8 Å². The Morgan fingerprint density at radius 1 is 0.260 bits per heavy atom. The fourth-order valence-electron chi connectivity index (χ4n) is 6.79. The molecular formula is C45H27N3O2. The van der Waals surface area contributed by atoms with E-state index >= 15 is 0 Å². The Kier molecular flexibility index (Phi) is 6.42. The Morgan fingerprint density at radius 3 is 1.40 bits per heavy atom. The summed E-state index contributed by atoms with van der Waals surface area (Å²) in [5.41, 5.74) is 10.7. The van der Waals surface area contributed by atoms with Gasteiger partial charge < -0.3 is 8.83 Å². The van der Waals surface area contributed by atoms with Gasteiger partial charge in [-0.1, -0.05) is 115 Å². The molecule has 0 bridgehead atoms. The third-order valence-electron chi connectivity index (χ3n) is 9.36. The van der Waals surface area contributed by atoms with Crippen molar-refractivity contribution < 1.29 is 8.83 Å². The van der Waals surface area contributed by atoms with Crippen molar-refractivity contribution in [2.45, 2.75) is 0 Å². The van der Waals surface area contributed by atoms with Crippen molar-refractivity contribution >= 4 is 43.9 Å². The van der Waals surface area contributed by atoms with E-state index < -0.39 is 0 Å². The smallest absolute Gasteiger partial charge is 0.164 e. The van der Waals surface area contributed by atoms with E-state index in [1.54, 1.807) is 0 Å². The molecule has 10 rings (SSSR count). The van der Waals surface area contributed by atoms with Crippen molar-refractivity contribution in [3.05, 3.63) is 164 Å². The van der Waals surface area contributed by atoms with E-state index in [1.165, 1.54) is 5.56 Å². The van der Waals surface area contributed by atoms with Gasteiger partial charge in [0.2, 0.25) is 0 Å². The summed E-state index contributed by atoms with van der Waals surface area (Å²) >= 11 is 0. The SMILES string of the molecule is c1ccc(-c2ccc(-c3nc(-c4ccccc4)nc(-c4ccc5oc6cc(-c7ccc8oc9ccccc9c8c7)ccc6c5c4)n3)cc2)cc1. The molecule has 3 aromatic heterocycles. The van der Waals surface area contributed by atoms with Crippen LogP contribution in [-0.4, -0.2) is 15.0 Å². The maximum absolute atomic E-state index is 6.41. The lowest BCUT2D eigenvalue weighted by Gasteiger charge is -2.09. The van der Waals surface area contributed by atoms with Crippen molar-refractivity contribution in [2.75, 3.05) is 0 Å². The quantitative estimate of drug-likeness (QED) is 0.187. The van der Waals surface area contributed by atoms with E-state index in [1.807, 2.05) is 72.8 Å². The Labute approximate surface area is 287 Å². The molecule has 50 heavy (non-hydrogen) atoms. The van der Waals surface area contributed by atoms with Crippen molar-refractivity contribution in [3.63, 3.8) is 0 Å². The molecule has 0 amide bonds. The molecule has 5 nitrogen and oxygen atoms in total. The molecule has 0 saturated carbocycles. The lowest BCUT2D eigenvalue weighted by atomic mass is 10.0. The Morgan fingerprint density at radius 2 is 0.680 bits per heavy atom. The summed E-state index contributed by atoms with van der Waals surface area (Å²) in [6.07, 6.45) is 0. The molecule has 0 aliphatic heterocycles. The van der Waals surface area contributed by atoms with Crippen molar-refractivity contribution in [1.29, 1.82) is 0 Å². The average Bonchev–Trinajstić information content (AvgIpc) is 3.75. The molecule has 10 aromatic rings. The topological polar surface area (TPSA) is 65.0 Å². The van der Waals surface area contributed by atoms with Gasteiger partial charge in [0.25, 0.3) is 0 Å². The lowest BCUT2D eigenvalue weighted by molar-refractivity contribution is 0.669. The van der Waals surface area contributed by atoms with Gasteiger partial charge in [0.15, 0.2) is 17.5 Å². The Bertz CT molecular complexity index is 2850. The predicted molar refractivity (Wildman–Crippen MR) is 202 cm³/mol. The highest BCUT2D eigenvalue weighted by Gasteiger charge is 2.16. The first-order valence-electron chi connectivity index (χ1n) is 16.6. The number of para-hydroxylation sites is 1. The summed E-state index contributed by atoms with van der Waals surface area (Å²) in [7, 11) is 0. The first-order chi connectivity index (χ1) is 24.7. The first kappa shape index (κ1) is 28.2. The number of fused-ring (bicyclic) bond motifs is 6. The van der Waals surface area contributed by atoms with Gasteiger partial charge in [0.05, 0.1) is 0 Å². The monoisotopic (exact) mass is 641 g/mol. The molecule has 0 unspecified atom stereocenters. The van der Waals surface area contributed by atoms with Crippen molar-refractivity contribution in [2.24, 2.45) is 0 Å². The molecule has 7 aromatic carbocycles. The standard InChI is InChI=1S/C45H27N3O2/c1-3-9-28(10-4-1)29-15-17-31(18-16-29)44-46-43(30-11-5-2-6-12-30)47-45(48-44)34-21-24-41-38(26-34)36-22-19-33(27-42(36)50-41)32-20-23-40-37(25-32)35-13-7-8-14-39(35)49-40/h1-27H. The second-order valence-electron chi connectivity index (χ2n) is 12.4. The average molecular weight is 642 g/mol. The maximum atomic E-state index is 6.41. The fourth-order valence-corrected chi connectivity index (χ4v) is 6.79. The van der Waals surface area contributed by atoms with E-state index in [0.717, 1.165) is 77.3 Å². The van der Waals surface area contributed by atoms with Gasteiger partial charge in [-0.3, -0.25) is 0 Å². The minimum absolute atomic E-state index is 0.606. The number of rotatable bonds is 5. The van der Waals surface area contributed by atoms with Gasteiger partial charge in [-0.15, -0.1) is 0 Å². The number of benzene rings is 7. The summed E-state index contributed by atoms with van der Waals surface area (Å²) in [4.78, 5) is 14.9. The molecule has 3 heterocycles. The van der Waals surface area contributed by atoms with Crippen LogP contribution in [0.4, 0.5) is 0 Å². The van der Waals surface area contributed by atoms with Gasteiger partial charge >= 0.3 is 0 Å². The minimum atomic E-state index is 0.606. The van der Waals surface area contributed by atoms with Crippen LogP contribution in [0.5, 0.6) is 0 Å². The molecule has 234 valence electrons. The van der Waals surface area contributed by atoms with Crippen LogP contribution in [0, 0.1) is 0 Å². The largest absolute Gasteiger partial charge is 0.456 e. The Hall–Kier alpha value is -6.85. The molecule has 0 N–H and O–H groups in total. The lowest BCUT2D eigenvalue weighted by Crippen LogP contribution is -2.00. The van der Waals surface area contributed by atoms with Crippen LogP contribution < -0.4 is 0 Å². The van der Waals surface area contributed by atoms with E-state index in [-0.39, 0.29) is 0 Å². The zero-order valence-corrected chi connectivity index (χ0v) is 26.7. The number of furan rings is 2. The zero-order chi connectivity index (χ0) is 33.0. The van der Waals surface area contributed by atoms with Crippen LogP contribution in [0.25, 0.3) is 100 Å². The molecule has 0 saturated heterocycles. The van der Waals surface area contributed by atoms with Gasteiger partial charge in [-0.2, -0.15) is 0 Å². The number of nitrogens with zero attached hydrogens (tertiary/aromatic N) is 3. The molecule has 0 spiro atoms. The van der Waals surface area contributed by atoms with E-state index in [2.05, 4.69) is 91.0 Å². The summed E-state index contributed by atoms with van der Waals surface area (Å²) in [5.74, 6) is 1.86. The highest BCUT2D eigenvalue weighted by atomic mass is 16.3. The molecule has 0 aliphatic carbocycles. The third-order valence-corrected chi connectivity index (χ3v) is 9.36. The van der Waals surface area contributed by atoms with E-state index in [9.17, 15) is 0 Å². The van der Waals surface area contributed by atoms with Crippen LogP contribution in [0.15, 0.2) is 173 Å². The van der Waals surface area contributed by atoms with Crippen LogP contribution in [-0.2, 0) is 0 Å². The van der Waals surface area contributed by atoms with E-state index in [4.69, 9.17) is 23.8 Å². The molecule has 0 fully saturated rings. The predicted octanol–water partition coefficient (Wildman–Crippen LogP) is 12.0. The second-order valence-corrected chi connectivity index (χ2v) is 12.4. The highest BCUT2D eigenvalue weighted by molar-refractivity contribution is 6.08. The van der Waals surface area contributed by atoms with Crippen LogP contribution >= 0.6 is 0 Å². The first-order valence-corrected chi connectivity index (χ1v) is 16.6.